The van der Waals surface area contributed by atoms with Crippen molar-refractivity contribution in [3.8, 4) is 0 Å². The van der Waals surface area contributed by atoms with Crippen molar-refractivity contribution in [3.05, 3.63) is 64.2 Å². The Labute approximate surface area is 176 Å². The van der Waals surface area contributed by atoms with E-state index in [0.29, 0.717) is 18.0 Å². The maximum atomic E-state index is 13.4. The second-order valence-electron chi connectivity index (χ2n) is 7.32. The first-order valence-electron chi connectivity index (χ1n) is 9.66. The van der Waals surface area contributed by atoms with E-state index in [9.17, 15) is 9.18 Å². The smallest absolute Gasteiger partial charge is 0.264 e. The monoisotopic (exact) mass is 425 g/mol. The number of nitrogens with zero attached hydrogens (tertiary/aromatic N) is 3. The summed E-state index contributed by atoms with van der Waals surface area (Å²) in [6.45, 7) is 5.22. The second kappa shape index (κ2) is 7.48. The van der Waals surface area contributed by atoms with Crippen molar-refractivity contribution >= 4 is 48.9 Å². The Hall–Kier alpha value is -2.35. The molecule has 29 heavy (non-hydrogen) atoms. The summed E-state index contributed by atoms with van der Waals surface area (Å²) >= 11 is 3.18. The van der Waals surface area contributed by atoms with Gasteiger partial charge >= 0.3 is 0 Å². The van der Waals surface area contributed by atoms with Gasteiger partial charge in [0.1, 0.15) is 10.8 Å². The van der Waals surface area contributed by atoms with Crippen LogP contribution in [0.25, 0.3) is 20.3 Å². The third kappa shape index (κ3) is 3.54. The molecule has 0 spiro atoms. The summed E-state index contributed by atoms with van der Waals surface area (Å²) in [5, 5.41) is 1.92. The van der Waals surface area contributed by atoms with Crippen molar-refractivity contribution in [2.75, 3.05) is 26.2 Å². The number of piperazine rings is 1. The fraction of sp³-hybridized carbons (Fsp3) is 0.273. The predicted octanol–water partition coefficient (Wildman–Crippen LogP) is 5.17. The number of aromatic nitrogens is 1. The van der Waals surface area contributed by atoms with Gasteiger partial charge in [-0.25, -0.2) is 9.37 Å². The van der Waals surface area contributed by atoms with Gasteiger partial charge in [0.05, 0.1) is 21.1 Å². The molecule has 1 atom stereocenters. The first-order valence-corrected chi connectivity index (χ1v) is 11.3. The molecule has 148 valence electrons. The van der Waals surface area contributed by atoms with Crippen molar-refractivity contribution in [1.29, 1.82) is 0 Å². The standard InChI is InChI=1S/C22H20FN3OS2/c1-14(21-24-17-4-2-3-5-19(17)29-21)25-8-10-26(11-9-25)22(27)20-13-15-12-16(23)6-7-18(15)28-20/h2-7,12-14H,8-11H2,1H3. The zero-order valence-corrected chi connectivity index (χ0v) is 17.6. The van der Waals surface area contributed by atoms with Crippen LogP contribution < -0.4 is 0 Å². The number of fused-ring (bicyclic) bond motifs is 2. The molecule has 1 fully saturated rings. The highest BCUT2D eigenvalue weighted by molar-refractivity contribution is 7.20. The van der Waals surface area contributed by atoms with Gasteiger partial charge < -0.3 is 4.90 Å². The number of halogens is 1. The molecular weight excluding hydrogens is 405 g/mol. The lowest BCUT2D eigenvalue weighted by atomic mass is 10.2. The number of thiophene rings is 1. The SMILES string of the molecule is CC(c1nc2ccccc2s1)N1CCN(C(=O)c2cc3cc(F)ccc3s2)CC1. The van der Waals surface area contributed by atoms with Crippen LogP contribution in [0.5, 0.6) is 0 Å². The van der Waals surface area contributed by atoms with Crippen LogP contribution in [0, 0.1) is 5.82 Å². The van der Waals surface area contributed by atoms with E-state index >= 15 is 0 Å². The average Bonchev–Trinajstić information content (AvgIpc) is 3.36. The van der Waals surface area contributed by atoms with Crippen molar-refractivity contribution in [2.45, 2.75) is 13.0 Å². The summed E-state index contributed by atoms with van der Waals surface area (Å²) in [6.07, 6.45) is 0. The van der Waals surface area contributed by atoms with Crippen LogP contribution in [0.3, 0.4) is 0 Å². The molecule has 2 aromatic carbocycles. The summed E-state index contributed by atoms with van der Waals surface area (Å²) in [5.41, 5.74) is 1.05. The molecule has 5 rings (SSSR count). The maximum Gasteiger partial charge on any atom is 0.264 e. The molecule has 1 saturated heterocycles. The minimum Gasteiger partial charge on any atom is -0.335 e. The Bertz CT molecular complexity index is 1160. The molecule has 7 heteroatoms. The average molecular weight is 426 g/mol. The van der Waals surface area contributed by atoms with Gasteiger partial charge in [-0.15, -0.1) is 22.7 Å². The number of carbonyl (C=O) groups is 1. The number of thiazole rings is 1. The topological polar surface area (TPSA) is 36.4 Å². The van der Waals surface area contributed by atoms with Gasteiger partial charge in [-0.2, -0.15) is 0 Å². The Morgan fingerprint density at radius 1 is 1.03 bits per heavy atom. The van der Waals surface area contributed by atoms with Crippen LogP contribution >= 0.6 is 22.7 Å². The van der Waals surface area contributed by atoms with Crippen molar-refractivity contribution in [2.24, 2.45) is 0 Å². The van der Waals surface area contributed by atoms with Crippen LogP contribution in [0.4, 0.5) is 4.39 Å². The van der Waals surface area contributed by atoms with Gasteiger partial charge in [-0.05, 0) is 48.7 Å². The molecule has 4 nitrogen and oxygen atoms in total. The molecule has 0 N–H and O–H groups in total. The van der Waals surface area contributed by atoms with E-state index in [0.717, 1.165) is 33.7 Å². The zero-order chi connectivity index (χ0) is 20.0. The number of carbonyl (C=O) groups excluding carboxylic acids is 1. The molecular formula is C22H20FN3OS2. The van der Waals surface area contributed by atoms with E-state index in [4.69, 9.17) is 4.98 Å². The Morgan fingerprint density at radius 2 is 1.83 bits per heavy atom. The lowest BCUT2D eigenvalue weighted by molar-refractivity contribution is 0.0586. The minimum absolute atomic E-state index is 0.0406. The highest BCUT2D eigenvalue weighted by Crippen LogP contribution is 2.31. The summed E-state index contributed by atoms with van der Waals surface area (Å²) in [5.74, 6) is -0.231. The number of rotatable bonds is 3. The third-order valence-electron chi connectivity index (χ3n) is 5.51. The molecule has 2 aromatic heterocycles. The summed E-state index contributed by atoms with van der Waals surface area (Å²) in [4.78, 5) is 22.7. The maximum absolute atomic E-state index is 13.4. The molecule has 0 bridgehead atoms. The fourth-order valence-corrected chi connectivity index (χ4v) is 5.88. The number of benzene rings is 2. The van der Waals surface area contributed by atoms with E-state index in [1.54, 1.807) is 17.4 Å². The summed E-state index contributed by atoms with van der Waals surface area (Å²) in [7, 11) is 0. The molecule has 4 aromatic rings. The van der Waals surface area contributed by atoms with Gasteiger partial charge in [0.15, 0.2) is 0 Å². The Kier molecular flexibility index (Phi) is 4.81. The Morgan fingerprint density at radius 3 is 2.62 bits per heavy atom. The van der Waals surface area contributed by atoms with Crippen molar-refractivity contribution in [1.82, 2.24) is 14.8 Å². The lowest BCUT2D eigenvalue weighted by Crippen LogP contribution is -2.49. The second-order valence-corrected chi connectivity index (χ2v) is 9.46. The molecule has 1 amide bonds. The van der Waals surface area contributed by atoms with Gasteiger partial charge in [0, 0.05) is 30.9 Å². The number of amides is 1. The van der Waals surface area contributed by atoms with Crippen molar-refractivity contribution < 1.29 is 9.18 Å². The van der Waals surface area contributed by atoms with E-state index in [-0.39, 0.29) is 17.8 Å². The molecule has 3 heterocycles. The predicted molar refractivity (Wildman–Crippen MR) is 117 cm³/mol. The molecule has 1 unspecified atom stereocenters. The van der Waals surface area contributed by atoms with Gasteiger partial charge in [-0.3, -0.25) is 9.69 Å². The van der Waals surface area contributed by atoms with Crippen LogP contribution in [-0.2, 0) is 0 Å². The quantitative estimate of drug-likeness (QED) is 0.454. The van der Waals surface area contributed by atoms with E-state index in [1.807, 2.05) is 23.1 Å². The fourth-order valence-electron chi connectivity index (χ4n) is 3.81. The molecule has 0 aliphatic carbocycles. The van der Waals surface area contributed by atoms with E-state index in [2.05, 4.69) is 24.0 Å². The third-order valence-corrected chi connectivity index (χ3v) is 7.82. The first kappa shape index (κ1) is 18.7. The Balaban J connectivity index is 1.27. The normalized spacial score (nSPS) is 16.6. The number of para-hydroxylation sites is 1. The number of hydrogen-bond acceptors (Lipinski definition) is 5. The van der Waals surface area contributed by atoms with Crippen LogP contribution in [0.2, 0.25) is 0 Å². The molecule has 0 saturated carbocycles. The van der Waals surface area contributed by atoms with Crippen molar-refractivity contribution in [3.63, 3.8) is 0 Å². The van der Waals surface area contributed by atoms with Crippen LogP contribution in [0.1, 0.15) is 27.6 Å². The largest absolute Gasteiger partial charge is 0.335 e. The molecule has 1 aliphatic heterocycles. The highest BCUT2D eigenvalue weighted by atomic mass is 32.1. The first-order chi connectivity index (χ1) is 14.1. The summed E-state index contributed by atoms with van der Waals surface area (Å²) in [6, 6.07) is 14.9. The highest BCUT2D eigenvalue weighted by Gasteiger charge is 2.27. The van der Waals surface area contributed by atoms with E-state index < -0.39 is 0 Å². The number of hydrogen-bond donors (Lipinski definition) is 0. The van der Waals surface area contributed by atoms with E-state index in [1.165, 1.54) is 28.2 Å². The minimum atomic E-state index is -0.272. The van der Waals surface area contributed by atoms with Gasteiger partial charge in [0.2, 0.25) is 0 Å². The summed E-state index contributed by atoms with van der Waals surface area (Å²) < 4.78 is 15.6. The van der Waals surface area contributed by atoms with Crippen LogP contribution in [0.15, 0.2) is 48.5 Å². The lowest BCUT2D eigenvalue weighted by Gasteiger charge is -2.37. The van der Waals surface area contributed by atoms with Gasteiger partial charge in [-0.1, -0.05) is 12.1 Å². The molecule has 1 aliphatic rings. The molecule has 0 radical (unpaired) electrons. The zero-order valence-electron chi connectivity index (χ0n) is 16.0. The van der Waals surface area contributed by atoms with Gasteiger partial charge in [0.25, 0.3) is 5.91 Å². The van der Waals surface area contributed by atoms with Crippen LogP contribution in [-0.4, -0.2) is 46.9 Å².